The number of hydrogen-bond donors (Lipinski definition) is 0. The molecular formula is C58H102O6. The second-order valence-electron chi connectivity index (χ2n) is 18.1. The van der Waals surface area contributed by atoms with Gasteiger partial charge in [-0.1, -0.05) is 242 Å². The molecule has 0 saturated carbocycles. The van der Waals surface area contributed by atoms with Gasteiger partial charge in [0, 0.05) is 19.3 Å². The van der Waals surface area contributed by atoms with Gasteiger partial charge in [-0.25, -0.2) is 0 Å². The third-order valence-electron chi connectivity index (χ3n) is 11.8. The summed E-state index contributed by atoms with van der Waals surface area (Å²) in [7, 11) is 0. The summed E-state index contributed by atoms with van der Waals surface area (Å²) in [6, 6.07) is 0. The fourth-order valence-electron chi connectivity index (χ4n) is 7.69. The highest BCUT2D eigenvalue weighted by atomic mass is 16.6. The van der Waals surface area contributed by atoms with Crippen LogP contribution < -0.4 is 0 Å². The number of rotatable bonds is 49. The fraction of sp³-hybridized carbons (Fsp3) is 0.776. The smallest absolute Gasteiger partial charge is 0.306 e. The lowest BCUT2D eigenvalue weighted by atomic mass is 10.0. The molecule has 0 aliphatic rings. The molecule has 0 spiro atoms. The first kappa shape index (κ1) is 61.1. The van der Waals surface area contributed by atoms with E-state index in [9.17, 15) is 14.4 Å². The molecule has 6 heteroatoms. The summed E-state index contributed by atoms with van der Waals surface area (Å²) >= 11 is 0. The summed E-state index contributed by atoms with van der Waals surface area (Å²) < 4.78 is 16.8. The normalized spacial score (nSPS) is 12.5. The van der Waals surface area contributed by atoms with Crippen molar-refractivity contribution in [1.29, 1.82) is 0 Å². The lowest BCUT2D eigenvalue weighted by Gasteiger charge is -2.18. The Morgan fingerprint density at radius 1 is 0.344 bits per heavy atom. The van der Waals surface area contributed by atoms with Crippen molar-refractivity contribution < 1.29 is 28.6 Å². The SMILES string of the molecule is CC/C=C\C/C=C\C/C=C\CCCC(=O)OCC(COC(=O)CCCCCCCCCCCC/C=C\C=C/CCCCC)OC(=O)CCCCCCCCCCCCCCCCCC. The van der Waals surface area contributed by atoms with Gasteiger partial charge in [0.25, 0.3) is 0 Å². The number of hydrogen-bond acceptors (Lipinski definition) is 6. The number of ether oxygens (including phenoxy) is 3. The van der Waals surface area contributed by atoms with E-state index >= 15 is 0 Å². The zero-order chi connectivity index (χ0) is 46.5. The van der Waals surface area contributed by atoms with Gasteiger partial charge in [0.15, 0.2) is 6.10 Å². The summed E-state index contributed by atoms with van der Waals surface area (Å²) in [5.41, 5.74) is 0. The molecule has 0 aromatic heterocycles. The maximum absolute atomic E-state index is 12.8. The molecule has 1 unspecified atom stereocenters. The number of esters is 3. The number of unbranched alkanes of at least 4 members (excludes halogenated alkanes) is 29. The van der Waals surface area contributed by atoms with Crippen LogP contribution in [0.3, 0.4) is 0 Å². The quantitative estimate of drug-likeness (QED) is 0.0199. The average molecular weight is 895 g/mol. The highest BCUT2D eigenvalue weighted by Crippen LogP contribution is 2.16. The molecule has 0 amide bonds. The lowest BCUT2D eigenvalue weighted by Crippen LogP contribution is -2.30. The molecule has 0 rings (SSSR count). The first-order valence-electron chi connectivity index (χ1n) is 27.3. The van der Waals surface area contributed by atoms with Crippen LogP contribution in [0.25, 0.3) is 0 Å². The number of carbonyl (C=O) groups is 3. The first-order valence-corrected chi connectivity index (χ1v) is 27.3. The van der Waals surface area contributed by atoms with Gasteiger partial charge in [0.05, 0.1) is 0 Å². The molecule has 1 atom stereocenters. The minimum atomic E-state index is -0.793. The zero-order valence-corrected chi connectivity index (χ0v) is 42.3. The number of allylic oxidation sites excluding steroid dienone is 10. The summed E-state index contributed by atoms with van der Waals surface area (Å²) in [6.45, 7) is 6.47. The molecule has 0 heterocycles. The van der Waals surface area contributed by atoms with Crippen LogP contribution in [-0.4, -0.2) is 37.2 Å². The summed E-state index contributed by atoms with van der Waals surface area (Å²) in [5.74, 6) is -0.940. The van der Waals surface area contributed by atoms with Crippen molar-refractivity contribution in [3.05, 3.63) is 60.8 Å². The van der Waals surface area contributed by atoms with Crippen LogP contribution in [0.15, 0.2) is 60.8 Å². The third kappa shape index (κ3) is 50.1. The molecule has 370 valence electrons. The van der Waals surface area contributed by atoms with Crippen LogP contribution in [-0.2, 0) is 28.6 Å². The maximum Gasteiger partial charge on any atom is 0.306 e. The van der Waals surface area contributed by atoms with E-state index < -0.39 is 6.10 Å². The van der Waals surface area contributed by atoms with Gasteiger partial charge in [-0.05, 0) is 70.6 Å². The van der Waals surface area contributed by atoms with Gasteiger partial charge in [0.1, 0.15) is 13.2 Å². The molecule has 0 saturated heterocycles. The lowest BCUT2D eigenvalue weighted by molar-refractivity contribution is -0.167. The molecule has 0 bridgehead atoms. The Balaban J connectivity index is 4.35. The van der Waals surface area contributed by atoms with E-state index in [0.717, 1.165) is 64.2 Å². The van der Waals surface area contributed by atoms with Crippen molar-refractivity contribution in [1.82, 2.24) is 0 Å². The Labute approximate surface area is 396 Å². The van der Waals surface area contributed by atoms with Crippen LogP contribution in [0, 0.1) is 0 Å². The second-order valence-corrected chi connectivity index (χ2v) is 18.1. The molecule has 0 aromatic carbocycles. The van der Waals surface area contributed by atoms with Crippen LogP contribution in [0.4, 0.5) is 0 Å². The number of carbonyl (C=O) groups excluding carboxylic acids is 3. The van der Waals surface area contributed by atoms with E-state index in [1.165, 1.54) is 161 Å². The molecule has 6 nitrogen and oxygen atoms in total. The highest BCUT2D eigenvalue weighted by molar-refractivity contribution is 5.71. The minimum Gasteiger partial charge on any atom is -0.462 e. The molecule has 0 aromatic rings. The molecular weight excluding hydrogens is 793 g/mol. The van der Waals surface area contributed by atoms with Crippen molar-refractivity contribution in [3.63, 3.8) is 0 Å². The van der Waals surface area contributed by atoms with E-state index in [1.54, 1.807) is 0 Å². The Morgan fingerprint density at radius 2 is 0.672 bits per heavy atom. The van der Waals surface area contributed by atoms with E-state index in [0.29, 0.717) is 19.3 Å². The van der Waals surface area contributed by atoms with Gasteiger partial charge < -0.3 is 14.2 Å². The first-order chi connectivity index (χ1) is 31.5. The van der Waals surface area contributed by atoms with Gasteiger partial charge >= 0.3 is 17.9 Å². The van der Waals surface area contributed by atoms with Crippen molar-refractivity contribution in [3.8, 4) is 0 Å². The molecule has 0 fully saturated rings. The Morgan fingerprint density at radius 3 is 1.12 bits per heavy atom. The fourth-order valence-corrected chi connectivity index (χ4v) is 7.69. The van der Waals surface area contributed by atoms with Crippen molar-refractivity contribution in [2.45, 2.75) is 277 Å². The molecule has 0 aliphatic heterocycles. The van der Waals surface area contributed by atoms with Gasteiger partial charge in [0.2, 0.25) is 0 Å². The van der Waals surface area contributed by atoms with Crippen LogP contribution in [0.1, 0.15) is 271 Å². The standard InChI is InChI=1S/C58H102O6/c1-4-7-10-13-16-19-22-24-26-28-29-30-32-33-36-39-42-45-48-51-57(60)63-54-55(53-62-56(59)50-47-44-41-38-35-21-18-15-12-9-6-3)64-58(61)52-49-46-43-40-37-34-31-27-25-23-20-17-14-11-8-5-2/h9,12,16,18-19,21-22,24,38,41,55H,4-8,10-11,13-15,17,20,23,25-37,39-40,42-54H2,1-3H3/b12-9-,19-16-,21-18-,24-22-,41-38-. The van der Waals surface area contributed by atoms with Crippen LogP contribution >= 0.6 is 0 Å². The molecule has 64 heavy (non-hydrogen) atoms. The van der Waals surface area contributed by atoms with Crippen LogP contribution in [0.2, 0.25) is 0 Å². The molecule has 0 aliphatic carbocycles. The van der Waals surface area contributed by atoms with Gasteiger partial charge in [-0.15, -0.1) is 0 Å². The highest BCUT2D eigenvalue weighted by Gasteiger charge is 2.19. The van der Waals surface area contributed by atoms with E-state index in [1.807, 2.05) is 0 Å². The van der Waals surface area contributed by atoms with E-state index in [4.69, 9.17) is 14.2 Å². The monoisotopic (exact) mass is 895 g/mol. The van der Waals surface area contributed by atoms with Crippen molar-refractivity contribution in [2.24, 2.45) is 0 Å². The Hall–Kier alpha value is -2.89. The molecule has 0 N–H and O–H groups in total. The Kier molecular flexibility index (Phi) is 50.4. The summed E-state index contributed by atoms with van der Waals surface area (Å²) in [6.07, 6.45) is 65.0. The predicted molar refractivity (Wildman–Crippen MR) is 275 cm³/mol. The minimum absolute atomic E-state index is 0.0895. The second kappa shape index (κ2) is 52.7. The van der Waals surface area contributed by atoms with Gasteiger partial charge in [-0.3, -0.25) is 14.4 Å². The summed E-state index contributed by atoms with van der Waals surface area (Å²) in [4.78, 5) is 38.0. The Bertz CT molecular complexity index is 1170. The molecule has 0 radical (unpaired) electrons. The third-order valence-corrected chi connectivity index (χ3v) is 11.8. The van der Waals surface area contributed by atoms with E-state index in [-0.39, 0.29) is 37.5 Å². The topological polar surface area (TPSA) is 78.9 Å². The predicted octanol–water partition coefficient (Wildman–Crippen LogP) is 18.0. The van der Waals surface area contributed by atoms with Crippen molar-refractivity contribution in [2.75, 3.05) is 13.2 Å². The largest absolute Gasteiger partial charge is 0.462 e. The van der Waals surface area contributed by atoms with Crippen molar-refractivity contribution >= 4 is 17.9 Å². The summed E-state index contributed by atoms with van der Waals surface area (Å²) in [5, 5.41) is 0. The van der Waals surface area contributed by atoms with Gasteiger partial charge in [-0.2, -0.15) is 0 Å². The maximum atomic E-state index is 12.8. The van der Waals surface area contributed by atoms with Crippen LogP contribution in [0.5, 0.6) is 0 Å². The van der Waals surface area contributed by atoms with E-state index in [2.05, 4.69) is 81.5 Å². The zero-order valence-electron chi connectivity index (χ0n) is 42.3. The average Bonchev–Trinajstić information content (AvgIpc) is 3.29.